The lowest BCUT2D eigenvalue weighted by Crippen LogP contribution is -2.52. The second kappa shape index (κ2) is 11.6. The van der Waals surface area contributed by atoms with Crippen LogP contribution < -0.4 is 4.90 Å². The van der Waals surface area contributed by atoms with Gasteiger partial charge in [0.25, 0.3) is 0 Å². The maximum Gasteiger partial charge on any atom is 0.243 e. The van der Waals surface area contributed by atoms with Crippen LogP contribution in [0.3, 0.4) is 0 Å². The Bertz CT molecular complexity index is 1250. The van der Waals surface area contributed by atoms with Gasteiger partial charge in [0.15, 0.2) is 0 Å². The molecule has 1 fully saturated rings. The summed E-state index contributed by atoms with van der Waals surface area (Å²) < 4.78 is 29.0. The largest absolute Gasteiger partial charge is 0.368 e. The molecule has 0 N–H and O–H groups in total. The fourth-order valence-corrected chi connectivity index (χ4v) is 5.92. The van der Waals surface area contributed by atoms with Crippen molar-refractivity contribution in [1.29, 1.82) is 0 Å². The van der Waals surface area contributed by atoms with Gasteiger partial charge in [0.1, 0.15) is 0 Å². The molecule has 0 saturated carbocycles. The molecule has 1 heterocycles. The highest BCUT2D eigenvalue weighted by atomic mass is 79.9. The Morgan fingerprint density at radius 2 is 1.60 bits per heavy atom. The molecule has 3 aromatic carbocycles. The number of benzene rings is 3. The van der Waals surface area contributed by atoms with E-state index in [2.05, 4.69) is 20.8 Å². The lowest BCUT2D eigenvalue weighted by Gasteiger charge is -2.37. The van der Waals surface area contributed by atoms with Crippen molar-refractivity contribution in [2.75, 3.05) is 44.2 Å². The first-order chi connectivity index (χ1) is 16.8. The number of sulfonamides is 1. The summed E-state index contributed by atoms with van der Waals surface area (Å²) in [6.07, 6.45) is 0.520. The van der Waals surface area contributed by atoms with Crippen LogP contribution in [0.4, 0.5) is 5.69 Å². The van der Waals surface area contributed by atoms with Crippen molar-refractivity contribution in [2.45, 2.75) is 11.3 Å². The van der Waals surface area contributed by atoms with Gasteiger partial charge in [0.2, 0.25) is 15.9 Å². The zero-order valence-corrected chi connectivity index (χ0v) is 22.3. The van der Waals surface area contributed by atoms with Crippen molar-refractivity contribution in [2.24, 2.45) is 0 Å². The molecule has 1 amide bonds. The molecule has 184 valence electrons. The van der Waals surface area contributed by atoms with Crippen LogP contribution in [0.1, 0.15) is 5.56 Å². The van der Waals surface area contributed by atoms with Crippen molar-refractivity contribution < 1.29 is 13.2 Å². The Balaban J connectivity index is 1.46. The van der Waals surface area contributed by atoms with Crippen LogP contribution in [-0.2, 0) is 21.2 Å². The molecule has 3 aromatic rings. The van der Waals surface area contributed by atoms with E-state index >= 15 is 0 Å². The lowest BCUT2D eigenvalue weighted by atomic mass is 10.1. The fourth-order valence-electron chi connectivity index (χ4n) is 4.08. The minimum atomic E-state index is -3.84. The summed E-state index contributed by atoms with van der Waals surface area (Å²) in [5.41, 5.74) is 2.04. The molecule has 0 bridgehead atoms. The van der Waals surface area contributed by atoms with Crippen LogP contribution in [0.15, 0.2) is 88.2 Å². The molecule has 0 spiro atoms. The van der Waals surface area contributed by atoms with Gasteiger partial charge in [-0.25, -0.2) is 8.42 Å². The summed E-state index contributed by atoms with van der Waals surface area (Å²) in [5.74, 6) is -0.190. The number of halogens is 2. The monoisotopic (exact) mass is 575 g/mol. The summed E-state index contributed by atoms with van der Waals surface area (Å²) in [7, 11) is -3.84. The maximum absolute atomic E-state index is 13.5. The molecule has 0 aliphatic carbocycles. The standard InChI is InChI=1S/C26H27BrClN3O3S/c27-22-9-11-25(12-10-22)35(33,34)31(14-13-21-5-2-1-3-6-21)20-26(32)30-17-15-29(16-18-30)24-8-4-7-23(28)19-24/h1-12,19H,13-18,20H2. The Labute approximate surface area is 220 Å². The molecule has 9 heteroatoms. The third kappa shape index (κ3) is 6.64. The highest BCUT2D eigenvalue weighted by molar-refractivity contribution is 9.10. The van der Waals surface area contributed by atoms with Gasteiger partial charge in [-0.3, -0.25) is 4.79 Å². The summed E-state index contributed by atoms with van der Waals surface area (Å²) in [6, 6.07) is 23.8. The molecule has 1 aliphatic rings. The smallest absolute Gasteiger partial charge is 0.243 e. The van der Waals surface area contributed by atoms with Crippen LogP contribution in [0, 0.1) is 0 Å². The summed E-state index contributed by atoms with van der Waals surface area (Å²) in [4.78, 5) is 17.3. The number of piperazine rings is 1. The highest BCUT2D eigenvalue weighted by Gasteiger charge is 2.29. The Morgan fingerprint density at radius 3 is 2.26 bits per heavy atom. The molecule has 4 rings (SSSR count). The number of amides is 1. The van der Waals surface area contributed by atoms with E-state index in [9.17, 15) is 13.2 Å². The first-order valence-electron chi connectivity index (χ1n) is 11.4. The van der Waals surface area contributed by atoms with Crippen LogP contribution in [0.5, 0.6) is 0 Å². The molecule has 6 nitrogen and oxygen atoms in total. The predicted molar refractivity (Wildman–Crippen MR) is 143 cm³/mol. The number of hydrogen-bond donors (Lipinski definition) is 0. The van der Waals surface area contributed by atoms with E-state index in [1.54, 1.807) is 29.2 Å². The predicted octanol–water partition coefficient (Wildman–Crippen LogP) is 4.68. The van der Waals surface area contributed by atoms with Crippen molar-refractivity contribution in [1.82, 2.24) is 9.21 Å². The molecule has 0 aromatic heterocycles. The third-order valence-corrected chi connectivity index (χ3v) is 8.68. The summed E-state index contributed by atoms with van der Waals surface area (Å²) >= 11 is 9.47. The van der Waals surface area contributed by atoms with Crippen molar-refractivity contribution in [3.05, 3.63) is 93.9 Å². The number of hydrogen-bond acceptors (Lipinski definition) is 4. The minimum Gasteiger partial charge on any atom is -0.368 e. The van der Waals surface area contributed by atoms with E-state index < -0.39 is 10.0 Å². The zero-order valence-electron chi connectivity index (χ0n) is 19.2. The number of nitrogens with zero attached hydrogens (tertiary/aromatic N) is 3. The number of rotatable bonds is 8. The van der Waals surface area contributed by atoms with E-state index in [0.29, 0.717) is 37.6 Å². The quantitative estimate of drug-likeness (QED) is 0.391. The highest BCUT2D eigenvalue weighted by Crippen LogP contribution is 2.22. The van der Waals surface area contributed by atoms with Gasteiger partial charge in [0.05, 0.1) is 11.4 Å². The van der Waals surface area contributed by atoms with E-state index in [1.807, 2.05) is 54.6 Å². The number of carbonyl (C=O) groups excluding carboxylic acids is 1. The lowest BCUT2D eigenvalue weighted by molar-refractivity contribution is -0.131. The number of anilines is 1. The third-order valence-electron chi connectivity index (χ3n) is 6.06. The maximum atomic E-state index is 13.5. The van der Waals surface area contributed by atoms with Gasteiger partial charge in [-0.2, -0.15) is 4.31 Å². The van der Waals surface area contributed by atoms with Gasteiger partial charge in [0, 0.05) is 47.9 Å². The molecule has 0 unspecified atom stereocenters. The second-order valence-electron chi connectivity index (χ2n) is 8.38. The average molecular weight is 577 g/mol. The van der Waals surface area contributed by atoms with Gasteiger partial charge in [-0.1, -0.05) is 63.9 Å². The zero-order chi connectivity index (χ0) is 24.8. The number of carbonyl (C=O) groups is 1. The first-order valence-corrected chi connectivity index (χ1v) is 14.0. The Hall–Kier alpha value is -2.39. The topological polar surface area (TPSA) is 60.9 Å². The van der Waals surface area contributed by atoms with Gasteiger partial charge in [-0.15, -0.1) is 0 Å². The summed E-state index contributed by atoms with van der Waals surface area (Å²) in [6.45, 7) is 2.40. The molecule has 0 atom stereocenters. The molecule has 1 aliphatic heterocycles. The van der Waals surface area contributed by atoms with Gasteiger partial charge >= 0.3 is 0 Å². The molecule has 35 heavy (non-hydrogen) atoms. The van der Waals surface area contributed by atoms with Crippen LogP contribution in [0.2, 0.25) is 5.02 Å². The Kier molecular flexibility index (Phi) is 8.49. The van der Waals surface area contributed by atoms with Gasteiger partial charge < -0.3 is 9.80 Å². The molecule has 0 radical (unpaired) electrons. The molecule has 1 saturated heterocycles. The van der Waals surface area contributed by atoms with Crippen molar-refractivity contribution >= 4 is 49.1 Å². The van der Waals surface area contributed by atoms with Crippen LogP contribution in [0.25, 0.3) is 0 Å². The molecular weight excluding hydrogens is 550 g/mol. The van der Waals surface area contributed by atoms with Gasteiger partial charge in [-0.05, 0) is 54.4 Å². The minimum absolute atomic E-state index is 0.173. The van der Waals surface area contributed by atoms with Crippen molar-refractivity contribution in [3.63, 3.8) is 0 Å². The van der Waals surface area contributed by atoms with E-state index in [-0.39, 0.29) is 23.9 Å². The first kappa shape index (κ1) is 25.7. The SMILES string of the molecule is O=C(CN(CCc1ccccc1)S(=O)(=O)c1ccc(Br)cc1)N1CCN(c2cccc(Cl)c2)CC1. The van der Waals surface area contributed by atoms with E-state index in [1.165, 1.54) is 4.31 Å². The van der Waals surface area contributed by atoms with E-state index in [0.717, 1.165) is 15.7 Å². The average Bonchev–Trinajstić information content (AvgIpc) is 2.87. The fraction of sp³-hybridized carbons (Fsp3) is 0.269. The van der Waals surface area contributed by atoms with Crippen LogP contribution >= 0.6 is 27.5 Å². The second-order valence-corrected chi connectivity index (χ2v) is 11.7. The summed E-state index contributed by atoms with van der Waals surface area (Å²) in [5, 5.41) is 0.674. The normalized spacial score (nSPS) is 14.4. The van der Waals surface area contributed by atoms with Crippen molar-refractivity contribution in [3.8, 4) is 0 Å². The Morgan fingerprint density at radius 1 is 0.914 bits per heavy atom. The van der Waals surface area contributed by atoms with E-state index in [4.69, 9.17) is 11.6 Å². The molecular formula is C26H27BrClN3O3S. The van der Waals surface area contributed by atoms with Crippen LogP contribution in [-0.4, -0.2) is 62.8 Å².